The van der Waals surface area contributed by atoms with Gasteiger partial charge in [0.1, 0.15) is 0 Å². The van der Waals surface area contributed by atoms with E-state index in [1.807, 2.05) is 74.5 Å². The molecule has 0 aromatic heterocycles. The van der Waals surface area contributed by atoms with Crippen molar-refractivity contribution in [2.24, 2.45) is 35.0 Å². The second-order valence-corrected chi connectivity index (χ2v) is 13.7. The number of ketones is 2. The van der Waals surface area contributed by atoms with E-state index in [4.69, 9.17) is 22.6 Å². The van der Waals surface area contributed by atoms with Crippen LogP contribution in [0.15, 0.2) is 60.7 Å². The molecular formula is C38H57N7O4. The molecule has 2 aromatic rings. The molecule has 1 heterocycles. The largest absolute Gasteiger partial charge is 0.370 e. The Kier molecular flexibility index (Phi) is 16.4. The first kappa shape index (κ1) is 39.3. The molecular weight excluding hydrogens is 618 g/mol. The van der Waals surface area contributed by atoms with Gasteiger partial charge >= 0.3 is 0 Å². The maximum Gasteiger partial charge on any atom is 0.226 e. The van der Waals surface area contributed by atoms with Gasteiger partial charge in [-0.25, -0.2) is 0 Å². The maximum atomic E-state index is 14.0. The highest BCUT2D eigenvalue weighted by molar-refractivity contribution is 5.94. The van der Waals surface area contributed by atoms with Crippen LogP contribution in [0.3, 0.4) is 0 Å². The number of Topliss-reactive ketones (excluding diaryl/α,β-unsaturated/α-hetero) is 2. The van der Waals surface area contributed by atoms with Gasteiger partial charge in [0.15, 0.2) is 17.5 Å². The van der Waals surface area contributed by atoms with Crippen molar-refractivity contribution in [2.45, 2.75) is 83.7 Å². The van der Waals surface area contributed by atoms with Crippen molar-refractivity contribution in [2.75, 3.05) is 32.7 Å². The number of carbonyl (C=O) groups is 4. The molecule has 49 heavy (non-hydrogen) atoms. The smallest absolute Gasteiger partial charge is 0.226 e. The van der Waals surface area contributed by atoms with Crippen LogP contribution in [0, 0.1) is 23.2 Å². The summed E-state index contributed by atoms with van der Waals surface area (Å²) in [5.41, 5.74) is 19.6. The van der Waals surface area contributed by atoms with Crippen LogP contribution in [-0.2, 0) is 32.0 Å². The van der Waals surface area contributed by atoms with E-state index in [0.717, 1.165) is 17.5 Å². The Balaban J connectivity index is 1.77. The summed E-state index contributed by atoms with van der Waals surface area (Å²) in [6, 6.07) is 17.5. The van der Waals surface area contributed by atoms with E-state index in [0.29, 0.717) is 71.2 Å². The number of nitrogens with zero attached hydrogens (tertiary/aromatic N) is 2. The lowest BCUT2D eigenvalue weighted by atomic mass is 9.87. The third-order valence-corrected chi connectivity index (χ3v) is 9.22. The van der Waals surface area contributed by atoms with Gasteiger partial charge in [-0.1, -0.05) is 80.9 Å². The first-order chi connectivity index (χ1) is 23.5. The second kappa shape index (κ2) is 20.4. The number of hydrogen-bond acceptors (Lipinski definition) is 7. The zero-order valence-electron chi connectivity index (χ0n) is 29.3. The van der Waals surface area contributed by atoms with Crippen LogP contribution >= 0.6 is 0 Å². The lowest BCUT2D eigenvalue weighted by Gasteiger charge is -2.28. The van der Waals surface area contributed by atoms with Crippen LogP contribution in [-0.4, -0.2) is 83.9 Å². The number of benzene rings is 2. The Labute approximate surface area is 291 Å². The number of carbonyl (C=O) groups excluding carboxylic acids is 4. The minimum Gasteiger partial charge on any atom is -0.370 e. The minimum atomic E-state index is -0.805. The third kappa shape index (κ3) is 13.4. The van der Waals surface area contributed by atoms with E-state index < -0.39 is 23.9 Å². The summed E-state index contributed by atoms with van der Waals surface area (Å²) in [5, 5.41) is 10.8. The van der Waals surface area contributed by atoms with E-state index in [-0.39, 0.29) is 48.1 Å². The lowest BCUT2D eigenvalue weighted by molar-refractivity contribution is -0.139. The standard InChI is InChI=1S/C38H57N7O4/c1-27(2)22-33(35(47)25-30(16-9-10-17-39)37(49)44-18-11-19-45(21-20-44)38(41)42)43-36(48)31(23-28-12-5-3-6-13-28)26-34(46)32(40)24-29-14-7-4-8-15-29/h3-8,12-15,27,30-33H,9-11,16-26,39-40H2,1-2H3,(H3,41,42)(H,43,48)/t30-,31-,32+,33+/m0/s1. The summed E-state index contributed by atoms with van der Waals surface area (Å²) in [6.07, 6.45) is 3.69. The molecule has 1 aliphatic heterocycles. The van der Waals surface area contributed by atoms with Gasteiger partial charge < -0.3 is 32.3 Å². The Bertz CT molecular complexity index is 1350. The van der Waals surface area contributed by atoms with Crippen LogP contribution in [0.2, 0.25) is 0 Å². The van der Waals surface area contributed by atoms with Gasteiger partial charge in [-0.05, 0) is 62.1 Å². The minimum absolute atomic E-state index is 0.00176. The molecule has 4 atom stereocenters. The molecule has 0 saturated carbocycles. The average Bonchev–Trinajstić information content (AvgIpc) is 3.34. The van der Waals surface area contributed by atoms with E-state index in [1.54, 1.807) is 9.80 Å². The predicted octanol–water partition coefficient (Wildman–Crippen LogP) is 3.04. The summed E-state index contributed by atoms with van der Waals surface area (Å²) >= 11 is 0. The molecule has 0 bridgehead atoms. The van der Waals surface area contributed by atoms with Gasteiger partial charge in [0.25, 0.3) is 0 Å². The molecule has 11 heteroatoms. The van der Waals surface area contributed by atoms with Gasteiger partial charge in [-0.2, -0.15) is 0 Å². The van der Waals surface area contributed by atoms with Crippen molar-refractivity contribution < 1.29 is 19.2 Å². The Morgan fingerprint density at radius 2 is 1.37 bits per heavy atom. The molecule has 1 aliphatic rings. The maximum absolute atomic E-state index is 14.0. The molecule has 0 unspecified atom stereocenters. The molecule has 0 aliphatic carbocycles. The Hall–Kier alpha value is -4.09. The summed E-state index contributed by atoms with van der Waals surface area (Å²) in [6.45, 7) is 6.49. The van der Waals surface area contributed by atoms with Crippen LogP contribution in [0.5, 0.6) is 0 Å². The van der Waals surface area contributed by atoms with Crippen molar-refractivity contribution in [3.63, 3.8) is 0 Å². The first-order valence-corrected chi connectivity index (χ1v) is 17.8. The third-order valence-electron chi connectivity index (χ3n) is 9.22. The molecule has 268 valence electrons. The molecule has 0 radical (unpaired) electrons. The molecule has 3 rings (SSSR count). The number of rotatable bonds is 19. The zero-order chi connectivity index (χ0) is 35.8. The Morgan fingerprint density at radius 1 is 0.796 bits per heavy atom. The van der Waals surface area contributed by atoms with Gasteiger partial charge in [0.05, 0.1) is 12.1 Å². The van der Waals surface area contributed by atoms with Crippen molar-refractivity contribution in [1.82, 2.24) is 15.1 Å². The SMILES string of the molecule is CC(C)C[C@@H](NC(=O)[C@H](CC(=O)[C@H](N)Cc1ccccc1)Cc1ccccc1)C(=O)C[C@H](CCCCN)C(=O)N1CCCN(C(=N)N)CC1. The van der Waals surface area contributed by atoms with Crippen LogP contribution in [0.4, 0.5) is 0 Å². The second-order valence-electron chi connectivity index (χ2n) is 13.7. The highest BCUT2D eigenvalue weighted by Crippen LogP contribution is 2.22. The molecule has 8 N–H and O–H groups in total. The fourth-order valence-electron chi connectivity index (χ4n) is 6.43. The van der Waals surface area contributed by atoms with Crippen molar-refractivity contribution in [3.05, 3.63) is 71.8 Å². The number of guanidine groups is 1. The molecule has 2 aromatic carbocycles. The highest BCUT2D eigenvalue weighted by atomic mass is 16.2. The van der Waals surface area contributed by atoms with Crippen molar-refractivity contribution in [1.29, 1.82) is 5.41 Å². The normalized spacial score (nSPS) is 15.9. The van der Waals surface area contributed by atoms with Gasteiger partial charge in [-0.15, -0.1) is 0 Å². The van der Waals surface area contributed by atoms with E-state index in [9.17, 15) is 19.2 Å². The summed E-state index contributed by atoms with van der Waals surface area (Å²) in [5.74, 6) is -2.05. The van der Waals surface area contributed by atoms with Gasteiger partial charge in [0.2, 0.25) is 11.8 Å². The zero-order valence-corrected chi connectivity index (χ0v) is 29.3. The number of unbranched alkanes of at least 4 members (excludes halogenated alkanes) is 1. The lowest BCUT2D eigenvalue weighted by Crippen LogP contribution is -2.47. The summed E-state index contributed by atoms with van der Waals surface area (Å²) in [4.78, 5) is 58.8. The molecule has 11 nitrogen and oxygen atoms in total. The van der Waals surface area contributed by atoms with Crippen LogP contribution < -0.4 is 22.5 Å². The summed E-state index contributed by atoms with van der Waals surface area (Å²) in [7, 11) is 0. The number of nitrogens with two attached hydrogens (primary N) is 3. The highest BCUT2D eigenvalue weighted by Gasteiger charge is 2.33. The topological polar surface area (TPSA) is 189 Å². The Morgan fingerprint density at radius 3 is 1.96 bits per heavy atom. The first-order valence-electron chi connectivity index (χ1n) is 17.8. The van der Waals surface area contributed by atoms with Crippen molar-refractivity contribution >= 4 is 29.3 Å². The van der Waals surface area contributed by atoms with Crippen molar-refractivity contribution in [3.8, 4) is 0 Å². The fourth-order valence-corrected chi connectivity index (χ4v) is 6.43. The number of nitrogens with one attached hydrogen (secondary N) is 2. The predicted molar refractivity (Wildman–Crippen MR) is 193 cm³/mol. The fraction of sp³-hybridized carbons (Fsp3) is 0.553. The van der Waals surface area contributed by atoms with E-state index in [2.05, 4.69) is 5.32 Å². The number of hydrogen-bond donors (Lipinski definition) is 5. The molecule has 2 amide bonds. The van der Waals surface area contributed by atoms with E-state index >= 15 is 0 Å². The van der Waals surface area contributed by atoms with Gasteiger partial charge in [0, 0.05) is 50.9 Å². The molecule has 1 fully saturated rings. The van der Waals surface area contributed by atoms with Gasteiger partial charge in [-0.3, -0.25) is 24.6 Å². The van der Waals surface area contributed by atoms with Crippen LogP contribution in [0.1, 0.15) is 69.9 Å². The van der Waals surface area contributed by atoms with E-state index in [1.165, 1.54) is 0 Å². The molecule has 1 saturated heterocycles. The number of amides is 2. The average molecular weight is 676 g/mol. The quantitative estimate of drug-likeness (QED) is 0.0853. The molecule has 0 spiro atoms. The monoisotopic (exact) mass is 675 g/mol. The van der Waals surface area contributed by atoms with Crippen LogP contribution in [0.25, 0.3) is 0 Å². The summed E-state index contributed by atoms with van der Waals surface area (Å²) < 4.78 is 0.